The van der Waals surface area contributed by atoms with Gasteiger partial charge in [0.2, 0.25) is 0 Å². The third kappa shape index (κ3) is 4.05. The van der Waals surface area contributed by atoms with E-state index in [9.17, 15) is 0 Å². The maximum atomic E-state index is 5.57. The topological polar surface area (TPSA) is 47.1 Å². The van der Waals surface area contributed by atoms with E-state index >= 15 is 0 Å². The van der Waals surface area contributed by atoms with Crippen molar-refractivity contribution in [1.29, 1.82) is 0 Å². The summed E-state index contributed by atoms with van der Waals surface area (Å²) in [6, 6.07) is 10.1. The fourth-order valence-electron chi connectivity index (χ4n) is 1.85. The highest BCUT2D eigenvalue weighted by atomic mass is 16.7. The van der Waals surface area contributed by atoms with E-state index in [-0.39, 0.29) is 6.29 Å². The van der Waals surface area contributed by atoms with Crippen LogP contribution in [0.15, 0.2) is 36.5 Å². The first-order valence-electron chi connectivity index (χ1n) is 6.84. The van der Waals surface area contributed by atoms with Gasteiger partial charge in [-0.05, 0) is 31.6 Å². The Hall–Kier alpha value is -1.91. The minimum absolute atomic E-state index is 0.283. The first-order chi connectivity index (χ1) is 9.83. The van der Waals surface area contributed by atoms with Gasteiger partial charge in [0.15, 0.2) is 6.29 Å². The number of hydrogen-bond donors (Lipinski definition) is 1. The van der Waals surface area contributed by atoms with Gasteiger partial charge in [-0.25, -0.2) is 0 Å². The molecule has 0 unspecified atom stereocenters. The van der Waals surface area contributed by atoms with Gasteiger partial charge in [0.05, 0.1) is 5.69 Å². The number of aromatic nitrogens is 2. The lowest BCUT2D eigenvalue weighted by Crippen LogP contribution is -2.08. The molecule has 2 rings (SSSR count). The molecule has 0 aliphatic rings. The summed E-state index contributed by atoms with van der Waals surface area (Å²) in [7, 11) is 0. The van der Waals surface area contributed by atoms with Gasteiger partial charge in [-0.15, -0.1) is 0 Å². The molecule has 0 aliphatic heterocycles. The smallest absolute Gasteiger partial charge is 0.183 e. The van der Waals surface area contributed by atoms with Crippen molar-refractivity contribution < 1.29 is 9.47 Å². The van der Waals surface area contributed by atoms with Crippen LogP contribution in [0.4, 0.5) is 0 Å². The van der Waals surface area contributed by atoms with Gasteiger partial charge in [0.1, 0.15) is 0 Å². The Kier molecular flexibility index (Phi) is 5.53. The Morgan fingerprint density at radius 1 is 1.05 bits per heavy atom. The second kappa shape index (κ2) is 7.62. The molecule has 0 fully saturated rings. The summed E-state index contributed by atoms with van der Waals surface area (Å²) < 4.78 is 11.1. The second-order valence-corrected chi connectivity index (χ2v) is 4.24. The molecule has 106 valence electrons. The first kappa shape index (κ1) is 14.5. The van der Waals surface area contributed by atoms with Crippen molar-refractivity contribution in [2.45, 2.75) is 20.1 Å². The molecule has 1 heterocycles. The summed E-state index contributed by atoms with van der Waals surface area (Å²) in [5.74, 6) is 0. The van der Waals surface area contributed by atoms with Gasteiger partial charge in [-0.1, -0.05) is 30.3 Å². The van der Waals surface area contributed by atoms with E-state index in [0.717, 1.165) is 16.8 Å². The molecule has 0 saturated heterocycles. The van der Waals surface area contributed by atoms with Crippen molar-refractivity contribution in [3.05, 3.63) is 53.3 Å². The number of H-pyrrole nitrogens is 1. The number of nitrogens with zero attached hydrogens (tertiary/aromatic N) is 1. The minimum atomic E-state index is -0.283. The van der Waals surface area contributed by atoms with Crippen LogP contribution in [0.25, 0.3) is 12.2 Å². The van der Waals surface area contributed by atoms with E-state index in [1.165, 1.54) is 0 Å². The Morgan fingerprint density at radius 2 is 1.75 bits per heavy atom. The molecule has 0 spiro atoms. The zero-order chi connectivity index (χ0) is 14.2. The van der Waals surface area contributed by atoms with Crippen molar-refractivity contribution >= 4 is 12.2 Å². The lowest BCUT2D eigenvalue weighted by Gasteiger charge is -2.17. The normalized spacial score (nSPS) is 11.6. The molecule has 0 saturated carbocycles. The monoisotopic (exact) mass is 272 g/mol. The zero-order valence-corrected chi connectivity index (χ0v) is 11.9. The Morgan fingerprint density at radius 3 is 2.30 bits per heavy atom. The van der Waals surface area contributed by atoms with Crippen LogP contribution < -0.4 is 0 Å². The van der Waals surface area contributed by atoms with Gasteiger partial charge in [-0.3, -0.25) is 5.10 Å². The molecule has 4 nitrogen and oxygen atoms in total. The van der Waals surface area contributed by atoms with Gasteiger partial charge in [0, 0.05) is 25.0 Å². The van der Waals surface area contributed by atoms with E-state index in [2.05, 4.69) is 10.2 Å². The number of aromatic amines is 1. The number of nitrogens with one attached hydrogen (secondary N) is 1. The highest BCUT2D eigenvalue weighted by Crippen LogP contribution is 2.20. The molecule has 0 amide bonds. The third-order valence-electron chi connectivity index (χ3n) is 2.81. The van der Waals surface area contributed by atoms with Crippen molar-refractivity contribution in [2.75, 3.05) is 13.2 Å². The van der Waals surface area contributed by atoms with E-state index < -0.39 is 0 Å². The van der Waals surface area contributed by atoms with Gasteiger partial charge in [-0.2, -0.15) is 5.10 Å². The van der Waals surface area contributed by atoms with Crippen LogP contribution in [0.5, 0.6) is 0 Å². The highest BCUT2D eigenvalue weighted by molar-refractivity contribution is 5.67. The summed E-state index contributed by atoms with van der Waals surface area (Å²) in [5.41, 5.74) is 3.06. The van der Waals surface area contributed by atoms with E-state index in [1.807, 2.05) is 56.3 Å². The fraction of sp³-hybridized carbons (Fsp3) is 0.312. The van der Waals surface area contributed by atoms with Crippen molar-refractivity contribution in [3.63, 3.8) is 0 Å². The Balaban J connectivity index is 2.05. The standard InChI is InChI=1S/C16H20N2O2/c1-3-19-16(20-4-2)14-8-5-13(6-9-14)7-10-15-11-12-17-18-15/h5-12,16H,3-4H2,1-2H3,(H,17,18)/b10-7+. The van der Waals surface area contributed by atoms with Gasteiger partial charge >= 0.3 is 0 Å². The van der Waals surface area contributed by atoms with Crippen LogP contribution in [0.2, 0.25) is 0 Å². The van der Waals surface area contributed by atoms with Crippen LogP contribution in [-0.4, -0.2) is 23.4 Å². The Bertz CT molecular complexity index is 512. The molecule has 1 N–H and O–H groups in total. The average Bonchev–Trinajstić information content (AvgIpc) is 2.99. The number of ether oxygens (including phenoxy) is 2. The number of rotatable bonds is 7. The molecular weight excluding hydrogens is 252 g/mol. The van der Waals surface area contributed by atoms with Gasteiger partial charge in [0.25, 0.3) is 0 Å². The minimum Gasteiger partial charge on any atom is -0.349 e. The number of hydrogen-bond acceptors (Lipinski definition) is 3. The highest BCUT2D eigenvalue weighted by Gasteiger charge is 2.10. The van der Waals surface area contributed by atoms with Crippen LogP contribution in [0, 0.1) is 0 Å². The summed E-state index contributed by atoms with van der Waals surface area (Å²) in [6.07, 6.45) is 5.51. The molecule has 0 bridgehead atoms. The summed E-state index contributed by atoms with van der Waals surface area (Å²) in [6.45, 7) is 5.19. The average molecular weight is 272 g/mol. The molecule has 4 heteroatoms. The quantitative estimate of drug-likeness (QED) is 0.783. The maximum absolute atomic E-state index is 5.57. The molecule has 20 heavy (non-hydrogen) atoms. The molecule has 0 radical (unpaired) electrons. The predicted octanol–water partition coefficient (Wildman–Crippen LogP) is 3.65. The SMILES string of the molecule is CCOC(OCC)c1ccc(/C=C/c2cc[nH]n2)cc1. The predicted molar refractivity (Wildman–Crippen MR) is 80.0 cm³/mol. The van der Waals surface area contributed by atoms with E-state index in [4.69, 9.17) is 9.47 Å². The molecular formula is C16H20N2O2. The fourth-order valence-corrected chi connectivity index (χ4v) is 1.85. The molecule has 2 aromatic rings. The largest absolute Gasteiger partial charge is 0.349 e. The van der Waals surface area contributed by atoms with Crippen molar-refractivity contribution in [1.82, 2.24) is 10.2 Å². The van der Waals surface area contributed by atoms with Crippen molar-refractivity contribution in [2.24, 2.45) is 0 Å². The van der Waals surface area contributed by atoms with Crippen molar-refractivity contribution in [3.8, 4) is 0 Å². The van der Waals surface area contributed by atoms with E-state index in [1.54, 1.807) is 6.20 Å². The molecule has 0 aliphatic carbocycles. The van der Waals surface area contributed by atoms with E-state index in [0.29, 0.717) is 13.2 Å². The van der Waals surface area contributed by atoms with Crippen LogP contribution >= 0.6 is 0 Å². The second-order valence-electron chi connectivity index (χ2n) is 4.24. The summed E-state index contributed by atoms with van der Waals surface area (Å²) >= 11 is 0. The lowest BCUT2D eigenvalue weighted by molar-refractivity contribution is -0.140. The van der Waals surface area contributed by atoms with Crippen LogP contribution in [-0.2, 0) is 9.47 Å². The van der Waals surface area contributed by atoms with Crippen LogP contribution in [0.1, 0.15) is 37.0 Å². The zero-order valence-electron chi connectivity index (χ0n) is 11.9. The lowest BCUT2D eigenvalue weighted by atomic mass is 10.1. The number of benzene rings is 1. The molecule has 1 aromatic heterocycles. The van der Waals surface area contributed by atoms with Gasteiger partial charge < -0.3 is 9.47 Å². The molecule has 1 aromatic carbocycles. The molecule has 0 atom stereocenters. The Labute approximate surface area is 119 Å². The summed E-state index contributed by atoms with van der Waals surface area (Å²) in [5, 5.41) is 6.86. The van der Waals surface area contributed by atoms with Crippen LogP contribution in [0.3, 0.4) is 0 Å². The first-order valence-corrected chi connectivity index (χ1v) is 6.84. The maximum Gasteiger partial charge on any atom is 0.183 e. The third-order valence-corrected chi connectivity index (χ3v) is 2.81. The summed E-state index contributed by atoms with van der Waals surface area (Å²) in [4.78, 5) is 0.